The summed E-state index contributed by atoms with van der Waals surface area (Å²) in [7, 11) is 1.61. The van der Waals surface area contributed by atoms with Gasteiger partial charge in [-0.3, -0.25) is 9.78 Å². The van der Waals surface area contributed by atoms with Crippen molar-refractivity contribution in [3.8, 4) is 5.75 Å². The molecule has 1 aliphatic heterocycles. The minimum absolute atomic E-state index is 0.200. The number of carboxylic acid groups (broad SMARTS) is 1. The van der Waals surface area contributed by atoms with E-state index in [2.05, 4.69) is 9.88 Å². The number of aromatic nitrogens is 1. The van der Waals surface area contributed by atoms with Crippen LogP contribution in [0.25, 0.3) is 10.9 Å². The van der Waals surface area contributed by atoms with E-state index in [-0.39, 0.29) is 6.42 Å². The Hall–Kier alpha value is -2.21. The van der Waals surface area contributed by atoms with E-state index in [0.29, 0.717) is 36.0 Å². The minimum atomic E-state index is -1.07. The molecule has 1 saturated carbocycles. The number of piperidine rings is 1. The number of carboxylic acids is 1. The number of hydrogen-bond donors (Lipinski definition) is 1. The lowest BCUT2D eigenvalue weighted by molar-refractivity contribution is -0.137. The summed E-state index contributed by atoms with van der Waals surface area (Å²) in [5.41, 5.74) is 1.44. The predicted octanol–water partition coefficient (Wildman–Crippen LogP) is 5.64. The number of halogens is 1. The average molecular weight is 443 g/mol. The molecule has 1 aliphatic carbocycles. The first-order chi connectivity index (χ1) is 15.5. The molecule has 5 nitrogen and oxygen atoms in total. The Balaban J connectivity index is 1.39. The van der Waals surface area contributed by atoms with Gasteiger partial charge >= 0.3 is 5.97 Å². The molecule has 0 spiro atoms. The van der Waals surface area contributed by atoms with E-state index < -0.39 is 12.1 Å². The quantitative estimate of drug-likeness (QED) is 0.488. The third kappa shape index (κ3) is 5.97. The molecule has 2 aliphatic rings. The lowest BCUT2D eigenvalue weighted by atomic mass is 9.79. The van der Waals surface area contributed by atoms with Crippen LogP contribution in [0.1, 0.15) is 63.1 Å². The molecule has 2 aromatic rings. The number of nitrogens with zero attached hydrogens (tertiary/aromatic N) is 2. The van der Waals surface area contributed by atoms with Crippen molar-refractivity contribution in [2.24, 2.45) is 17.8 Å². The Morgan fingerprint density at radius 2 is 2.06 bits per heavy atom. The Bertz CT molecular complexity index is 917. The number of ether oxygens (including phenoxy) is 1. The Kier molecular flexibility index (Phi) is 7.61. The van der Waals surface area contributed by atoms with Crippen LogP contribution in [0.3, 0.4) is 0 Å². The maximum absolute atomic E-state index is 15.4. The molecule has 174 valence electrons. The van der Waals surface area contributed by atoms with Crippen molar-refractivity contribution >= 4 is 16.9 Å². The van der Waals surface area contributed by atoms with Gasteiger partial charge in [0, 0.05) is 24.5 Å². The molecule has 1 aromatic heterocycles. The lowest BCUT2D eigenvalue weighted by Gasteiger charge is -2.39. The van der Waals surface area contributed by atoms with Crippen molar-refractivity contribution < 1.29 is 19.0 Å². The van der Waals surface area contributed by atoms with Crippen LogP contribution in [0.5, 0.6) is 5.75 Å². The molecule has 0 amide bonds. The van der Waals surface area contributed by atoms with Gasteiger partial charge < -0.3 is 14.7 Å². The Morgan fingerprint density at radius 3 is 2.81 bits per heavy atom. The number of likely N-dealkylation sites (tertiary alicyclic amines) is 1. The molecule has 1 aromatic carbocycles. The van der Waals surface area contributed by atoms with Gasteiger partial charge in [-0.2, -0.15) is 0 Å². The molecule has 3 atom stereocenters. The molecule has 0 unspecified atom stereocenters. The number of fused-ring (bicyclic) bond motifs is 1. The molecule has 32 heavy (non-hydrogen) atoms. The zero-order chi connectivity index (χ0) is 22.5. The third-order valence-electron chi connectivity index (χ3n) is 7.37. The van der Waals surface area contributed by atoms with E-state index in [1.807, 2.05) is 18.2 Å². The van der Waals surface area contributed by atoms with Crippen LogP contribution in [0.4, 0.5) is 4.39 Å². The van der Waals surface area contributed by atoms with Crippen LogP contribution in [-0.2, 0) is 4.79 Å². The fourth-order valence-corrected chi connectivity index (χ4v) is 5.21. The van der Waals surface area contributed by atoms with Gasteiger partial charge in [-0.1, -0.05) is 12.8 Å². The van der Waals surface area contributed by atoms with Gasteiger partial charge in [-0.25, -0.2) is 4.39 Å². The second kappa shape index (κ2) is 10.6. The van der Waals surface area contributed by atoms with Crippen molar-refractivity contribution in [3.63, 3.8) is 0 Å². The number of methoxy groups -OCH3 is 1. The average Bonchev–Trinajstić information content (AvgIpc) is 3.64. The van der Waals surface area contributed by atoms with Gasteiger partial charge in [0.2, 0.25) is 0 Å². The van der Waals surface area contributed by atoms with Crippen molar-refractivity contribution in [3.05, 3.63) is 36.0 Å². The van der Waals surface area contributed by atoms with Crippen LogP contribution < -0.4 is 4.74 Å². The summed E-state index contributed by atoms with van der Waals surface area (Å²) in [5.74, 6) is 1.59. The maximum atomic E-state index is 15.4. The molecule has 0 radical (unpaired) electrons. The highest BCUT2D eigenvalue weighted by Crippen LogP contribution is 2.37. The van der Waals surface area contributed by atoms with E-state index in [4.69, 9.17) is 4.74 Å². The number of pyridine rings is 1. The molecule has 2 fully saturated rings. The molecule has 0 bridgehead atoms. The first-order valence-electron chi connectivity index (χ1n) is 12.0. The topological polar surface area (TPSA) is 62.7 Å². The van der Waals surface area contributed by atoms with E-state index in [0.717, 1.165) is 49.3 Å². The molecule has 2 heterocycles. The summed E-state index contributed by atoms with van der Waals surface area (Å²) in [6.07, 6.45) is 7.76. The van der Waals surface area contributed by atoms with Crippen molar-refractivity contribution in [2.45, 2.75) is 57.5 Å². The summed E-state index contributed by atoms with van der Waals surface area (Å²) in [6.45, 7) is 3.13. The van der Waals surface area contributed by atoms with Crippen LogP contribution in [0.2, 0.25) is 0 Å². The predicted molar refractivity (Wildman–Crippen MR) is 124 cm³/mol. The zero-order valence-corrected chi connectivity index (χ0v) is 19.0. The lowest BCUT2D eigenvalue weighted by Crippen LogP contribution is -2.41. The van der Waals surface area contributed by atoms with Crippen LogP contribution in [0, 0.1) is 17.8 Å². The van der Waals surface area contributed by atoms with Crippen LogP contribution in [-0.4, -0.2) is 47.7 Å². The van der Waals surface area contributed by atoms with Gasteiger partial charge in [-0.05, 0) is 92.8 Å². The highest BCUT2D eigenvalue weighted by atomic mass is 19.1. The maximum Gasteiger partial charge on any atom is 0.303 e. The van der Waals surface area contributed by atoms with Gasteiger partial charge in [0.15, 0.2) is 0 Å². The second-order valence-corrected chi connectivity index (χ2v) is 9.60. The highest BCUT2D eigenvalue weighted by Gasteiger charge is 2.31. The van der Waals surface area contributed by atoms with E-state index in [1.54, 1.807) is 19.4 Å². The standard InChI is InChI=1S/C26H35FN2O3/c1-32-21-6-8-25-23(16-21)22(10-13-28-25)24(27)7-4-19-12-15-29(14-11-18-2-3-18)17-20(19)5-9-26(30)31/h6,8,10,13,16,18-20,24H,2-5,7,9,11-12,14-15,17H2,1H3,(H,30,31)/t19-,20-,24-/m1/s1. The summed E-state index contributed by atoms with van der Waals surface area (Å²) in [5, 5.41) is 10.0. The van der Waals surface area contributed by atoms with Crippen molar-refractivity contribution in [1.29, 1.82) is 0 Å². The number of aliphatic carboxylic acids is 1. The second-order valence-electron chi connectivity index (χ2n) is 9.60. The fraction of sp³-hybridized carbons (Fsp3) is 0.615. The third-order valence-corrected chi connectivity index (χ3v) is 7.37. The van der Waals surface area contributed by atoms with E-state index >= 15 is 4.39 Å². The van der Waals surface area contributed by atoms with Crippen LogP contribution in [0.15, 0.2) is 30.5 Å². The van der Waals surface area contributed by atoms with Crippen molar-refractivity contribution in [1.82, 2.24) is 9.88 Å². The summed E-state index contributed by atoms with van der Waals surface area (Å²) < 4.78 is 20.7. The molecule has 6 heteroatoms. The molecule has 1 N–H and O–H groups in total. The first kappa shape index (κ1) is 23.0. The number of carbonyl (C=O) groups is 1. The number of rotatable bonds is 11. The normalized spacial score (nSPS) is 22.7. The summed E-state index contributed by atoms with van der Waals surface area (Å²) in [6, 6.07) is 7.34. The number of hydrogen-bond acceptors (Lipinski definition) is 4. The van der Waals surface area contributed by atoms with Gasteiger partial charge in [0.05, 0.1) is 12.6 Å². The summed E-state index contributed by atoms with van der Waals surface area (Å²) in [4.78, 5) is 18.1. The Labute approximate surface area is 190 Å². The highest BCUT2D eigenvalue weighted by molar-refractivity contribution is 5.83. The molecular weight excluding hydrogens is 407 g/mol. The van der Waals surface area contributed by atoms with Crippen LogP contribution >= 0.6 is 0 Å². The zero-order valence-electron chi connectivity index (χ0n) is 19.0. The minimum Gasteiger partial charge on any atom is -0.497 e. The first-order valence-corrected chi connectivity index (χ1v) is 12.0. The van der Waals surface area contributed by atoms with Gasteiger partial charge in [0.25, 0.3) is 0 Å². The number of benzene rings is 1. The number of alkyl halides is 1. The molecule has 1 saturated heterocycles. The Morgan fingerprint density at radius 1 is 1.22 bits per heavy atom. The monoisotopic (exact) mass is 442 g/mol. The smallest absolute Gasteiger partial charge is 0.303 e. The molecular formula is C26H35FN2O3. The molecule has 4 rings (SSSR count). The van der Waals surface area contributed by atoms with E-state index in [1.165, 1.54) is 19.3 Å². The van der Waals surface area contributed by atoms with Gasteiger partial charge in [-0.15, -0.1) is 0 Å². The van der Waals surface area contributed by atoms with E-state index in [9.17, 15) is 9.90 Å². The SMILES string of the molecule is COc1ccc2nccc([C@H](F)CC[C@@H]3CCN(CCC4CC4)C[C@H]3CCC(=O)O)c2c1. The largest absolute Gasteiger partial charge is 0.497 e. The van der Waals surface area contributed by atoms with Crippen molar-refractivity contribution in [2.75, 3.05) is 26.7 Å². The summed E-state index contributed by atoms with van der Waals surface area (Å²) >= 11 is 0. The van der Waals surface area contributed by atoms with Gasteiger partial charge in [0.1, 0.15) is 11.9 Å². The fourth-order valence-electron chi connectivity index (χ4n) is 5.21.